The fourth-order valence-corrected chi connectivity index (χ4v) is 2.68. The molecule has 0 unspecified atom stereocenters. The normalized spacial score (nSPS) is 17.3. The molecular formula is C17H23N3O4. The lowest BCUT2D eigenvalue weighted by atomic mass is 10.2. The Balaban J connectivity index is 1.78. The predicted octanol–water partition coefficient (Wildman–Crippen LogP) is 1.04. The zero-order chi connectivity index (χ0) is 17.4. The Morgan fingerprint density at radius 3 is 2.71 bits per heavy atom. The number of rotatable bonds is 6. The van der Waals surface area contributed by atoms with Crippen LogP contribution in [0.25, 0.3) is 0 Å². The van der Waals surface area contributed by atoms with Crippen LogP contribution in [0.1, 0.15) is 24.8 Å². The van der Waals surface area contributed by atoms with Crippen molar-refractivity contribution >= 4 is 17.9 Å². The van der Waals surface area contributed by atoms with Crippen LogP contribution < -0.4 is 10.6 Å². The summed E-state index contributed by atoms with van der Waals surface area (Å²) in [6, 6.07) is 8.67. The first-order chi connectivity index (χ1) is 11.6. The number of benzene rings is 1. The molecule has 1 heterocycles. The van der Waals surface area contributed by atoms with E-state index in [0.717, 1.165) is 24.9 Å². The Kier molecular flexibility index (Phi) is 6.74. The molecule has 1 aromatic carbocycles. The SMILES string of the molecule is CNC(=O)NC(=O)CCN1CCC[C@H]1C(=O)OCc1ccccc1. The van der Waals surface area contributed by atoms with Crippen molar-refractivity contribution in [3.63, 3.8) is 0 Å². The van der Waals surface area contributed by atoms with Gasteiger partial charge in [0, 0.05) is 20.0 Å². The van der Waals surface area contributed by atoms with Gasteiger partial charge >= 0.3 is 12.0 Å². The number of hydrogen-bond donors (Lipinski definition) is 2. The van der Waals surface area contributed by atoms with Gasteiger partial charge in [-0.15, -0.1) is 0 Å². The van der Waals surface area contributed by atoms with Crippen molar-refractivity contribution in [2.75, 3.05) is 20.1 Å². The molecule has 0 spiro atoms. The fraction of sp³-hybridized carbons (Fsp3) is 0.471. The largest absolute Gasteiger partial charge is 0.460 e. The van der Waals surface area contributed by atoms with E-state index in [1.165, 1.54) is 7.05 Å². The molecule has 7 heteroatoms. The highest BCUT2D eigenvalue weighted by Crippen LogP contribution is 2.19. The Morgan fingerprint density at radius 1 is 1.25 bits per heavy atom. The number of esters is 1. The maximum absolute atomic E-state index is 12.3. The van der Waals surface area contributed by atoms with Gasteiger partial charge in [0.1, 0.15) is 12.6 Å². The van der Waals surface area contributed by atoms with E-state index in [9.17, 15) is 14.4 Å². The second kappa shape index (κ2) is 9.02. The topological polar surface area (TPSA) is 87.7 Å². The summed E-state index contributed by atoms with van der Waals surface area (Å²) < 4.78 is 5.39. The molecule has 0 aromatic heterocycles. The minimum absolute atomic E-state index is 0.163. The number of carbonyl (C=O) groups is 3. The van der Waals surface area contributed by atoms with Crippen LogP contribution >= 0.6 is 0 Å². The molecule has 1 aliphatic heterocycles. The molecule has 1 fully saturated rings. The second-order valence-corrected chi connectivity index (χ2v) is 5.66. The lowest BCUT2D eigenvalue weighted by Gasteiger charge is -2.22. The Labute approximate surface area is 141 Å². The van der Waals surface area contributed by atoms with Crippen LogP contribution in [0.3, 0.4) is 0 Å². The number of ether oxygens (including phenoxy) is 1. The zero-order valence-corrected chi connectivity index (χ0v) is 13.8. The molecule has 3 amide bonds. The molecule has 2 rings (SSSR count). The first-order valence-corrected chi connectivity index (χ1v) is 8.06. The van der Waals surface area contributed by atoms with Crippen molar-refractivity contribution in [3.8, 4) is 0 Å². The van der Waals surface area contributed by atoms with E-state index >= 15 is 0 Å². The maximum atomic E-state index is 12.3. The second-order valence-electron chi connectivity index (χ2n) is 5.66. The molecule has 1 atom stereocenters. The number of carbonyl (C=O) groups excluding carboxylic acids is 3. The van der Waals surface area contributed by atoms with Gasteiger partial charge in [-0.05, 0) is 24.9 Å². The average Bonchev–Trinajstić information content (AvgIpc) is 3.07. The number of amides is 3. The number of likely N-dealkylation sites (tertiary alicyclic amines) is 1. The molecule has 130 valence electrons. The highest BCUT2D eigenvalue weighted by Gasteiger charge is 2.32. The van der Waals surface area contributed by atoms with E-state index in [4.69, 9.17) is 4.74 Å². The van der Waals surface area contributed by atoms with Crippen LogP contribution in [-0.4, -0.2) is 49.0 Å². The molecule has 1 aliphatic rings. The molecule has 0 radical (unpaired) electrons. The van der Waals surface area contributed by atoms with Crippen LogP contribution in [0.4, 0.5) is 4.79 Å². The van der Waals surface area contributed by atoms with Crippen LogP contribution in [0.5, 0.6) is 0 Å². The molecule has 0 saturated carbocycles. The minimum Gasteiger partial charge on any atom is -0.460 e. The molecule has 2 N–H and O–H groups in total. The van der Waals surface area contributed by atoms with Crippen molar-refractivity contribution in [2.24, 2.45) is 0 Å². The molecule has 0 aliphatic carbocycles. The zero-order valence-electron chi connectivity index (χ0n) is 13.8. The standard InChI is InChI=1S/C17H23N3O4/c1-18-17(23)19-15(21)9-11-20-10-5-8-14(20)16(22)24-12-13-6-3-2-4-7-13/h2-4,6-7,14H,5,8-12H2,1H3,(H2,18,19,21,23)/t14-/m0/s1. The van der Waals surface area contributed by atoms with Crippen molar-refractivity contribution in [3.05, 3.63) is 35.9 Å². The lowest BCUT2D eigenvalue weighted by Crippen LogP contribution is -2.42. The summed E-state index contributed by atoms with van der Waals surface area (Å²) in [5.41, 5.74) is 0.945. The van der Waals surface area contributed by atoms with Gasteiger partial charge in [0.15, 0.2) is 0 Å². The predicted molar refractivity (Wildman–Crippen MR) is 88.0 cm³/mol. The number of imide groups is 1. The molecule has 1 saturated heterocycles. The Hall–Kier alpha value is -2.41. The number of hydrogen-bond acceptors (Lipinski definition) is 5. The monoisotopic (exact) mass is 333 g/mol. The average molecular weight is 333 g/mol. The van der Waals surface area contributed by atoms with Gasteiger partial charge in [-0.2, -0.15) is 0 Å². The Bertz CT molecular complexity index is 576. The van der Waals surface area contributed by atoms with E-state index in [-0.39, 0.29) is 30.9 Å². The number of nitrogens with one attached hydrogen (secondary N) is 2. The smallest absolute Gasteiger partial charge is 0.323 e. The summed E-state index contributed by atoms with van der Waals surface area (Å²) in [7, 11) is 1.45. The summed E-state index contributed by atoms with van der Waals surface area (Å²) in [6.07, 6.45) is 1.78. The van der Waals surface area contributed by atoms with Gasteiger partial charge < -0.3 is 10.1 Å². The van der Waals surface area contributed by atoms with Gasteiger partial charge in [-0.3, -0.25) is 19.8 Å². The summed E-state index contributed by atoms with van der Waals surface area (Å²) >= 11 is 0. The lowest BCUT2D eigenvalue weighted by molar-refractivity contribution is -0.150. The van der Waals surface area contributed by atoms with Crippen molar-refractivity contribution in [2.45, 2.75) is 31.9 Å². The van der Waals surface area contributed by atoms with Gasteiger partial charge in [0.05, 0.1) is 0 Å². The fourth-order valence-electron chi connectivity index (χ4n) is 2.68. The summed E-state index contributed by atoms with van der Waals surface area (Å²) in [5.74, 6) is -0.624. The van der Waals surface area contributed by atoms with E-state index in [0.29, 0.717) is 6.54 Å². The van der Waals surface area contributed by atoms with E-state index in [1.54, 1.807) is 0 Å². The first kappa shape index (κ1) is 17.9. The highest BCUT2D eigenvalue weighted by molar-refractivity contribution is 5.94. The van der Waals surface area contributed by atoms with Crippen molar-refractivity contribution < 1.29 is 19.1 Å². The molecule has 7 nitrogen and oxygen atoms in total. The highest BCUT2D eigenvalue weighted by atomic mass is 16.5. The first-order valence-electron chi connectivity index (χ1n) is 8.06. The Morgan fingerprint density at radius 2 is 2.00 bits per heavy atom. The summed E-state index contributed by atoms with van der Waals surface area (Å²) in [6.45, 7) is 1.42. The number of nitrogens with zero attached hydrogens (tertiary/aromatic N) is 1. The van der Waals surface area contributed by atoms with Gasteiger partial charge in [0.25, 0.3) is 0 Å². The molecular weight excluding hydrogens is 310 g/mol. The van der Waals surface area contributed by atoms with Crippen molar-refractivity contribution in [1.29, 1.82) is 0 Å². The number of urea groups is 1. The molecule has 24 heavy (non-hydrogen) atoms. The third-order valence-corrected chi connectivity index (χ3v) is 3.97. The van der Waals surface area contributed by atoms with Gasteiger partial charge in [-0.1, -0.05) is 30.3 Å². The van der Waals surface area contributed by atoms with Gasteiger partial charge in [0.2, 0.25) is 5.91 Å². The van der Waals surface area contributed by atoms with Crippen LogP contribution in [0.15, 0.2) is 30.3 Å². The van der Waals surface area contributed by atoms with Gasteiger partial charge in [-0.25, -0.2) is 4.79 Å². The third kappa shape index (κ3) is 5.34. The quantitative estimate of drug-likeness (QED) is 0.760. The minimum atomic E-state index is -0.528. The third-order valence-electron chi connectivity index (χ3n) is 3.97. The molecule has 1 aromatic rings. The van der Waals surface area contributed by atoms with E-state index < -0.39 is 6.03 Å². The summed E-state index contributed by atoms with van der Waals surface area (Å²) in [5, 5.41) is 4.54. The summed E-state index contributed by atoms with van der Waals surface area (Å²) in [4.78, 5) is 36.9. The van der Waals surface area contributed by atoms with Crippen LogP contribution in [0.2, 0.25) is 0 Å². The van der Waals surface area contributed by atoms with Crippen molar-refractivity contribution in [1.82, 2.24) is 15.5 Å². The molecule has 0 bridgehead atoms. The van der Waals surface area contributed by atoms with E-state index in [1.807, 2.05) is 35.2 Å². The van der Waals surface area contributed by atoms with E-state index in [2.05, 4.69) is 10.6 Å². The van der Waals surface area contributed by atoms with Crippen LogP contribution in [0, 0.1) is 0 Å². The van der Waals surface area contributed by atoms with Crippen LogP contribution in [-0.2, 0) is 20.9 Å². The maximum Gasteiger partial charge on any atom is 0.323 e.